The summed E-state index contributed by atoms with van der Waals surface area (Å²) in [5.41, 5.74) is 2.23. The van der Waals surface area contributed by atoms with Crippen LogP contribution in [0, 0.1) is 0 Å². The lowest BCUT2D eigenvalue weighted by molar-refractivity contribution is 0.187. The molecule has 0 aliphatic rings. The monoisotopic (exact) mass is 221 g/mol. The first-order valence-corrected chi connectivity index (χ1v) is 6.18. The summed E-state index contributed by atoms with van der Waals surface area (Å²) in [6.07, 6.45) is 5.29. The van der Waals surface area contributed by atoms with Crippen LogP contribution in [0.2, 0.25) is 0 Å². The quantitative estimate of drug-likeness (QED) is 0.583. The van der Waals surface area contributed by atoms with E-state index < -0.39 is 0 Å². The molecule has 0 saturated carbocycles. The van der Waals surface area contributed by atoms with Gasteiger partial charge in [-0.25, -0.2) is 0 Å². The SMILES string of the molecule is C=C(C)/C=C\C(=C)C(C)N(CCC)C(C)C. The van der Waals surface area contributed by atoms with E-state index in [1.165, 1.54) is 6.42 Å². The van der Waals surface area contributed by atoms with Crippen molar-refractivity contribution in [3.8, 4) is 0 Å². The normalized spacial score (nSPS) is 13.7. The molecule has 0 saturated heterocycles. The summed E-state index contributed by atoms with van der Waals surface area (Å²) in [6, 6.07) is 0.959. The van der Waals surface area contributed by atoms with Crippen molar-refractivity contribution in [1.82, 2.24) is 4.90 Å². The molecule has 0 N–H and O–H groups in total. The van der Waals surface area contributed by atoms with Gasteiger partial charge < -0.3 is 0 Å². The number of hydrogen-bond acceptors (Lipinski definition) is 1. The van der Waals surface area contributed by atoms with Gasteiger partial charge in [0.05, 0.1) is 0 Å². The lowest BCUT2D eigenvalue weighted by atomic mass is 10.1. The first-order valence-electron chi connectivity index (χ1n) is 6.18. The molecule has 92 valence electrons. The smallest absolute Gasteiger partial charge is 0.0316 e. The third-order valence-electron chi connectivity index (χ3n) is 2.76. The Hall–Kier alpha value is -0.820. The van der Waals surface area contributed by atoms with E-state index in [9.17, 15) is 0 Å². The topological polar surface area (TPSA) is 3.24 Å². The fourth-order valence-electron chi connectivity index (χ4n) is 1.76. The highest BCUT2D eigenvalue weighted by Crippen LogP contribution is 2.14. The zero-order chi connectivity index (χ0) is 12.7. The van der Waals surface area contributed by atoms with Crippen LogP contribution in [0.1, 0.15) is 41.0 Å². The summed E-state index contributed by atoms with van der Waals surface area (Å²) < 4.78 is 0. The van der Waals surface area contributed by atoms with Crippen molar-refractivity contribution in [3.63, 3.8) is 0 Å². The number of allylic oxidation sites excluding steroid dienone is 2. The summed E-state index contributed by atoms with van der Waals surface area (Å²) in [6.45, 7) is 20.0. The molecule has 1 unspecified atom stereocenters. The van der Waals surface area contributed by atoms with E-state index in [0.717, 1.165) is 17.7 Å². The van der Waals surface area contributed by atoms with E-state index >= 15 is 0 Å². The second-order valence-corrected chi connectivity index (χ2v) is 4.76. The Kier molecular flexibility index (Phi) is 7.07. The summed E-state index contributed by atoms with van der Waals surface area (Å²) in [7, 11) is 0. The summed E-state index contributed by atoms with van der Waals surface area (Å²) in [5.74, 6) is 0. The maximum Gasteiger partial charge on any atom is 0.0316 e. The van der Waals surface area contributed by atoms with Crippen molar-refractivity contribution in [1.29, 1.82) is 0 Å². The van der Waals surface area contributed by atoms with Gasteiger partial charge in [-0.3, -0.25) is 4.90 Å². The van der Waals surface area contributed by atoms with Gasteiger partial charge in [-0.15, -0.1) is 0 Å². The van der Waals surface area contributed by atoms with Crippen molar-refractivity contribution >= 4 is 0 Å². The Morgan fingerprint density at radius 1 is 1.19 bits per heavy atom. The van der Waals surface area contributed by atoms with Crippen molar-refractivity contribution in [2.45, 2.75) is 53.1 Å². The number of nitrogens with zero attached hydrogens (tertiary/aromatic N) is 1. The molecular formula is C15H27N. The van der Waals surface area contributed by atoms with E-state index in [0.29, 0.717) is 12.1 Å². The Morgan fingerprint density at radius 3 is 2.12 bits per heavy atom. The predicted octanol–water partition coefficient (Wildman–Crippen LogP) is 4.18. The van der Waals surface area contributed by atoms with Crippen LogP contribution < -0.4 is 0 Å². The molecule has 16 heavy (non-hydrogen) atoms. The molecule has 0 aliphatic heterocycles. The number of hydrogen-bond donors (Lipinski definition) is 0. The standard InChI is InChI=1S/C15H27N/c1-8-11-16(13(4)5)15(7)14(6)10-9-12(2)3/h9-10,13,15H,2,6,8,11H2,1,3-5,7H3/b10-9-. The highest BCUT2D eigenvalue weighted by Gasteiger charge is 2.16. The van der Waals surface area contributed by atoms with E-state index in [1.54, 1.807) is 0 Å². The van der Waals surface area contributed by atoms with Gasteiger partial charge in [0.15, 0.2) is 0 Å². The summed E-state index contributed by atoms with van der Waals surface area (Å²) in [4.78, 5) is 2.48. The van der Waals surface area contributed by atoms with Gasteiger partial charge in [0.25, 0.3) is 0 Å². The van der Waals surface area contributed by atoms with Crippen LogP contribution in [-0.2, 0) is 0 Å². The third-order valence-corrected chi connectivity index (χ3v) is 2.76. The summed E-state index contributed by atoms with van der Waals surface area (Å²) >= 11 is 0. The Bertz CT molecular complexity index is 261. The van der Waals surface area contributed by atoms with E-state index in [2.05, 4.69) is 51.8 Å². The van der Waals surface area contributed by atoms with Gasteiger partial charge >= 0.3 is 0 Å². The zero-order valence-corrected chi connectivity index (χ0v) is 11.6. The molecule has 1 atom stereocenters. The molecule has 0 aliphatic carbocycles. The van der Waals surface area contributed by atoms with E-state index in [4.69, 9.17) is 0 Å². The fourth-order valence-corrected chi connectivity index (χ4v) is 1.76. The third kappa shape index (κ3) is 5.32. The molecule has 0 spiro atoms. The Balaban J connectivity index is 4.54. The van der Waals surface area contributed by atoms with E-state index in [1.807, 2.05) is 13.0 Å². The minimum absolute atomic E-state index is 0.399. The van der Waals surface area contributed by atoms with Gasteiger partial charge in [0, 0.05) is 12.1 Å². The molecule has 0 aromatic rings. The molecule has 0 bridgehead atoms. The first kappa shape index (κ1) is 15.2. The molecule has 0 amide bonds. The van der Waals surface area contributed by atoms with Gasteiger partial charge in [-0.1, -0.05) is 37.8 Å². The second kappa shape index (κ2) is 7.45. The van der Waals surface area contributed by atoms with Crippen LogP contribution >= 0.6 is 0 Å². The molecule has 0 heterocycles. The van der Waals surface area contributed by atoms with Gasteiger partial charge in [-0.05, 0) is 46.2 Å². The largest absolute Gasteiger partial charge is 0.294 e. The van der Waals surface area contributed by atoms with Crippen LogP contribution in [0.25, 0.3) is 0 Å². The van der Waals surface area contributed by atoms with Crippen LogP contribution in [0.5, 0.6) is 0 Å². The molecule has 1 heteroatoms. The maximum atomic E-state index is 4.14. The van der Waals surface area contributed by atoms with Crippen LogP contribution in [0.15, 0.2) is 36.5 Å². The van der Waals surface area contributed by atoms with E-state index in [-0.39, 0.29) is 0 Å². The maximum absolute atomic E-state index is 4.14. The van der Waals surface area contributed by atoms with Gasteiger partial charge in [0.2, 0.25) is 0 Å². The molecule has 0 rings (SSSR count). The lowest BCUT2D eigenvalue weighted by Crippen LogP contribution is -2.39. The fraction of sp³-hybridized carbons (Fsp3) is 0.600. The minimum atomic E-state index is 0.399. The van der Waals surface area contributed by atoms with Gasteiger partial charge in [0.1, 0.15) is 0 Å². The van der Waals surface area contributed by atoms with Crippen LogP contribution in [-0.4, -0.2) is 23.5 Å². The van der Waals surface area contributed by atoms with Crippen molar-refractivity contribution < 1.29 is 0 Å². The van der Waals surface area contributed by atoms with Crippen molar-refractivity contribution in [2.75, 3.05) is 6.54 Å². The Morgan fingerprint density at radius 2 is 1.75 bits per heavy atom. The number of rotatable bonds is 7. The first-order chi connectivity index (χ1) is 7.40. The Labute approximate surface area is 102 Å². The second-order valence-electron chi connectivity index (χ2n) is 4.76. The molecular weight excluding hydrogens is 194 g/mol. The molecule has 1 nitrogen and oxygen atoms in total. The highest BCUT2D eigenvalue weighted by atomic mass is 15.2. The molecule has 0 aromatic heterocycles. The average Bonchev–Trinajstić information content (AvgIpc) is 2.20. The molecule has 0 fully saturated rings. The van der Waals surface area contributed by atoms with Gasteiger partial charge in [-0.2, -0.15) is 0 Å². The predicted molar refractivity (Wildman–Crippen MR) is 74.7 cm³/mol. The zero-order valence-electron chi connectivity index (χ0n) is 11.6. The minimum Gasteiger partial charge on any atom is -0.294 e. The molecule has 0 aromatic carbocycles. The van der Waals surface area contributed by atoms with Crippen LogP contribution in [0.3, 0.4) is 0 Å². The van der Waals surface area contributed by atoms with Crippen molar-refractivity contribution in [3.05, 3.63) is 36.5 Å². The van der Waals surface area contributed by atoms with Crippen molar-refractivity contribution in [2.24, 2.45) is 0 Å². The lowest BCUT2D eigenvalue weighted by Gasteiger charge is -2.33. The highest BCUT2D eigenvalue weighted by molar-refractivity contribution is 5.26. The molecule has 0 radical (unpaired) electrons. The van der Waals surface area contributed by atoms with Crippen LogP contribution in [0.4, 0.5) is 0 Å². The average molecular weight is 221 g/mol. The summed E-state index contributed by atoms with van der Waals surface area (Å²) in [5, 5.41) is 0.